The minimum Gasteiger partial charge on any atom is -0.369 e. The first kappa shape index (κ1) is 13.3. The molecule has 0 bridgehead atoms. The van der Waals surface area contributed by atoms with Gasteiger partial charge in [-0.15, -0.1) is 0 Å². The molecule has 0 aliphatic carbocycles. The summed E-state index contributed by atoms with van der Waals surface area (Å²) in [6, 6.07) is 2.61. The van der Waals surface area contributed by atoms with E-state index in [1.807, 2.05) is 4.90 Å². The Morgan fingerprint density at radius 3 is 2.83 bits per heavy atom. The van der Waals surface area contributed by atoms with Gasteiger partial charge < -0.3 is 10.2 Å². The molecule has 18 heavy (non-hydrogen) atoms. The molecule has 1 aromatic carbocycles. The summed E-state index contributed by atoms with van der Waals surface area (Å²) >= 11 is 0. The summed E-state index contributed by atoms with van der Waals surface area (Å²) in [5.74, 6) is -0.233. The number of benzene rings is 1. The highest BCUT2D eigenvalue weighted by molar-refractivity contribution is 5.49. The van der Waals surface area contributed by atoms with Gasteiger partial charge >= 0.3 is 0 Å². The third-order valence-corrected chi connectivity index (χ3v) is 3.38. The molecule has 2 rings (SSSR count). The summed E-state index contributed by atoms with van der Waals surface area (Å²) in [7, 11) is 0. The molecule has 1 atom stereocenters. The zero-order valence-electron chi connectivity index (χ0n) is 11.0. The van der Waals surface area contributed by atoms with Gasteiger partial charge in [-0.05, 0) is 44.0 Å². The molecule has 1 saturated heterocycles. The molecular formula is C14H20F2N2. The van der Waals surface area contributed by atoms with Crippen molar-refractivity contribution in [2.24, 2.45) is 5.92 Å². The fraction of sp³-hybridized carbons (Fsp3) is 0.571. The molecule has 1 heterocycles. The van der Waals surface area contributed by atoms with Crippen molar-refractivity contribution in [1.82, 2.24) is 5.32 Å². The number of nitrogens with zero attached hydrogens (tertiary/aromatic N) is 1. The maximum absolute atomic E-state index is 14.0. The molecular weight excluding hydrogens is 234 g/mol. The van der Waals surface area contributed by atoms with Crippen molar-refractivity contribution >= 4 is 5.69 Å². The third-order valence-electron chi connectivity index (χ3n) is 3.38. The highest BCUT2D eigenvalue weighted by Gasteiger charge is 2.18. The summed E-state index contributed by atoms with van der Waals surface area (Å²) in [4.78, 5) is 1.96. The van der Waals surface area contributed by atoms with Gasteiger partial charge in [0.2, 0.25) is 0 Å². The van der Waals surface area contributed by atoms with Crippen LogP contribution in [-0.2, 0) is 0 Å². The van der Waals surface area contributed by atoms with Crippen molar-refractivity contribution in [3.63, 3.8) is 0 Å². The standard InChI is InChI=1S/C14H20F2N2/c1-10-8-17-4-3-5-18(9-10)14-7-12(15)11(2)6-13(14)16/h6-7,10,17H,3-5,8-9H2,1-2H3. The topological polar surface area (TPSA) is 15.3 Å². The summed E-state index contributed by atoms with van der Waals surface area (Å²) in [5.41, 5.74) is 0.754. The van der Waals surface area contributed by atoms with Crippen LogP contribution in [0.2, 0.25) is 0 Å². The van der Waals surface area contributed by atoms with E-state index in [4.69, 9.17) is 0 Å². The maximum Gasteiger partial charge on any atom is 0.146 e. The average molecular weight is 254 g/mol. The Labute approximate surface area is 107 Å². The van der Waals surface area contributed by atoms with E-state index in [-0.39, 0.29) is 11.6 Å². The van der Waals surface area contributed by atoms with Gasteiger partial charge in [0.05, 0.1) is 5.69 Å². The van der Waals surface area contributed by atoms with Gasteiger partial charge in [-0.2, -0.15) is 0 Å². The van der Waals surface area contributed by atoms with Crippen LogP contribution >= 0.6 is 0 Å². The Hall–Kier alpha value is -1.16. The number of hydrogen-bond acceptors (Lipinski definition) is 2. The minimum absolute atomic E-state index is 0.324. The molecule has 1 fully saturated rings. The van der Waals surface area contributed by atoms with E-state index in [0.29, 0.717) is 17.2 Å². The lowest BCUT2D eigenvalue weighted by Gasteiger charge is -2.31. The molecule has 4 heteroatoms. The molecule has 1 unspecified atom stereocenters. The molecule has 1 aliphatic rings. The second-order valence-electron chi connectivity index (χ2n) is 5.16. The van der Waals surface area contributed by atoms with Crippen molar-refractivity contribution in [2.45, 2.75) is 20.3 Å². The van der Waals surface area contributed by atoms with E-state index >= 15 is 0 Å². The predicted octanol–water partition coefficient (Wildman–Crippen LogP) is 2.71. The van der Waals surface area contributed by atoms with E-state index in [9.17, 15) is 8.78 Å². The van der Waals surface area contributed by atoms with Gasteiger partial charge in [-0.3, -0.25) is 0 Å². The molecule has 100 valence electrons. The van der Waals surface area contributed by atoms with Crippen LogP contribution in [-0.4, -0.2) is 26.2 Å². The maximum atomic E-state index is 14.0. The number of anilines is 1. The molecule has 0 amide bonds. The second-order valence-corrected chi connectivity index (χ2v) is 5.16. The Morgan fingerprint density at radius 2 is 2.06 bits per heavy atom. The number of halogens is 2. The van der Waals surface area contributed by atoms with E-state index in [1.165, 1.54) is 12.1 Å². The predicted molar refractivity (Wildman–Crippen MR) is 70.0 cm³/mol. The Bertz CT molecular complexity index is 421. The van der Waals surface area contributed by atoms with Crippen LogP contribution in [0.5, 0.6) is 0 Å². The monoisotopic (exact) mass is 254 g/mol. The summed E-state index contributed by atoms with van der Waals surface area (Å²) < 4.78 is 27.5. The Balaban J connectivity index is 2.25. The number of nitrogens with one attached hydrogen (secondary N) is 1. The average Bonchev–Trinajstić information content (AvgIpc) is 2.28. The number of hydrogen-bond donors (Lipinski definition) is 1. The van der Waals surface area contributed by atoms with Gasteiger partial charge in [0.15, 0.2) is 0 Å². The van der Waals surface area contributed by atoms with Crippen LogP contribution in [0.4, 0.5) is 14.5 Å². The Kier molecular flexibility index (Phi) is 4.17. The highest BCUT2D eigenvalue weighted by Crippen LogP contribution is 2.24. The molecule has 0 spiro atoms. The quantitative estimate of drug-likeness (QED) is 0.829. The number of aryl methyl sites for hydroxylation is 1. The van der Waals surface area contributed by atoms with Crippen molar-refractivity contribution in [3.8, 4) is 0 Å². The molecule has 1 aromatic rings. The van der Waals surface area contributed by atoms with Crippen LogP contribution < -0.4 is 10.2 Å². The highest BCUT2D eigenvalue weighted by atomic mass is 19.1. The van der Waals surface area contributed by atoms with Crippen LogP contribution in [0.1, 0.15) is 18.9 Å². The number of rotatable bonds is 1. The van der Waals surface area contributed by atoms with E-state index < -0.39 is 0 Å². The lowest BCUT2D eigenvalue weighted by molar-refractivity contribution is 0.462. The van der Waals surface area contributed by atoms with Crippen LogP contribution in [0.3, 0.4) is 0 Å². The fourth-order valence-corrected chi connectivity index (χ4v) is 2.37. The van der Waals surface area contributed by atoms with Crippen molar-refractivity contribution < 1.29 is 8.78 Å². The van der Waals surface area contributed by atoms with Crippen LogP contribution in [0.15, 0.2) is 12.1 Å². The summed E-state index contributed by atoms with van der Waals surface area (Å²) in [6.07, 6.45) is 0.946. The lowest BCUT2D eigenvalue weighted by atomic mass is 10.1. The zero-order valence-corrected chi connectivity index (χ0v) is 11.0. The first-order valence-electron chi connectivity index (χ1n) is 6.49. The van der Waals surface area contributed by atoms with E-state index in [0.717, 1.165) is 32.6 Å². The fourth-order valence-electron chi connectivity index (χ4n) is 2.37. The summed E-state index contributed by atoms with van der Waals surface area (Å²) in [6.45, 7) is 7.07. The molecule has 2 nitrogen and oxygen atoms in total. The van der Waals surface area contributed by atoms with Gasteiger partial charge in [-0.1, -0.05) is 6.92 Å². The first-order chi connectivity index (χ1) is 8.58. The minimum atomic E-state index is -0.334. The van der Waals surface area contributed by atoms with Gasteiger partial charge in [-0.25, -0.2) is 8.78 Å². The zero-order chi connectivity index (χ0) is 13.1. The SMILES string of the molecule is Cc1cc(F)c(N2CCCNCC(C)C2)cc1F. The molecule has 1 aliphatic heterocycles. The van der Waals surface area contributed by atoms with Crippen molar-refractivity contribution in [1.29, 1.82) is 0 Å². The van der Waals surface area contributed by atoms with Crippen molar-refractivity contribution in [3.05, 3.63) is 29.3 Å². The van der Waals surface area contributed by atoms with Gasteiger partial charge in [0, 0.05) is 19.2 Å². The van der Waals surface area contributed by atoms with E-state index in [1.54, 1.807) is 6.92 Å². The molecule has 1 N–H and O–H groups in total. The van der Waals surface area contributed by atoms with Gasteiger partial charge in [0.1, 0.15) is 11.6 Å². The van der Waals surface area contributed by atoms with Crippen LogP contribution in [0.25, 0.3) is 0 Å². The van der Waals surface area contributed by atoms with Gasteiger partial charge in [0.25, 0.3) is 0 Å². The van der Waals surface area contributed by atoms with E-state index in [2.05, 4.69) is 12.2 Å². The first-order valence-corrected chi connectivity index (χ1v) is 6.49. The molecule has 0 aromatic heterocycles. The smallest absolute Gasteiger partial charge is 0.146 e. The second kappa shape index (κ2) is 5.65. The normalized spacial score (nSPS) is 21.6. The molecule has 0 radical (unpaired) electrons. The third kappa shape index (κ3) is 2.99. The summed E-state index contributed by atoms with van der Waals surface area (Å²) in [5, 5.41) is 3.35. The largest absolute Gasteiger partial charge is 0.369 e. The lowest BCUT2D eigenvalue weighted by Crippen LogP contribution is -2.39. The van der Waals surface area contributed by atoms with Crippen molar-refractivity contribution in [2.75, 3.05) is 31.1 Å². The van der Waals surface area contributed by atoms with Crippen LogP contribution in [0, 0.1) is 24.5 Å². The Morgan fingerprint density at radius 1 is 1.28 bits per heavy atom. The molecule has 0 saturated carbocycles.